The first-order valence-corrected chi connectivity index (χ1v) is 8.20. The average Bonchev–Trinajstić information content (AvgIpc) is 2.34. The highest BCUT2D eigenvalue weighted by atomic mass is 32.2. The number of hydrogen-bond donors (Lipinski definition) is 2. The number of sulfonamides is 1. The lowest BCUT2D eigenvalue weighted by Crippen LogP contribution is -2.30. The third kappa shape index (κ3) is 4.93. The van der Waals surface area contributed by atoms with E-state index in [9.17, 15) is 8.42 Å². The Hall–Kier alpha value is -0.910. The summed E-state index contributed by atoms with van der Waals surface area (Å²) in [7, 11) is -3.39. The second-order valence-electron chi connectivity index (χ2n) is 5.02. The van der Waals surface area contributed by atoms with Gasteiger partial charge in [0.2, 0.25) is 10.0 Å². The van der Waals surface area contributed by atoms with E-state index in [-0.39, 0.29) is 12.1 Å². The van der Waals surface area contributed by atoms with E-state index in [0.29, 0.717) is 4.90 Å². The summed E-state index contributed by atoms with van der Waals surface area (Å²) < 4.78 is 26.5. The van der Waals surface area contributed by atoms with Gasteiger partial charge in [0, 0.05) is 12.1 Å². The van der Waals surface area contributed by atoms with E-state index in [0.717, 1.165) is 18.5 Å². The minimum Gasteiger partial charge on any atom is -0.310 e. The number of benzene rings is 1. The smallest absolute Gasteiger partial charge is 0.240 e. The van der Waals surface area contributed by atoms with Crippen LogP contribution in [0.2, 0.25) is 0 Å². The van der Waals surface area contributed by atoms with E-state index in [2.05, 4.69) is 23.9 Å². The summed E-state index contributed by atoms with van der Waals surface area (Å²) in [5, 5.41) is 3.37. The van der Waals surface area contributed by atoms with Crippen LogP contribution in [0.3, 0.4) is 0 Å². The Balaban J connectivity index is 2.81. The van der Waals surface area contributed by atoms with Crippen LogP contribution in [-0.4, -0.2) is 21.0 Å². The van der Waals surface area contributed by atoms with E-state index < -0.39 is 10.0 Å². The molecule has 0 aliphatic heterocycles. The molecule has 0 heterocycles. The van der Waals surface area contributed by atoms with Gasteiger partial charge in [-0.25, -0.2) is 13.1 Å². The van der Waals surface area contributed by atoms with Gasteiger partial charge in [-0.1, -0.05) is 19.1 Å². The van der Waals surface area contributed by atoms with Crippen LogP contribution < -0.4 is 10.0 Å². The van der Waals surface area contributed by atoms with E-state index in [1.807, 2.05) is 26.0 Å². The van der Waals surface area contributed by atoms with Gasteiger partial charge < -0.3 is 5.32 Å². The maximum Gasteiger partial charge on any atom is 0.240 e. The van der Waals surface area contributed by atoms with E-state index in [1.165, 1.54) is 0 Å². The number of nitrogens with one attached hydrogen (secondary N) is 2. The molecule has 5 heteroatoms. The molecule has 0 amide bonds. The first kappa shape index (κ1) is 16.1. The lowest BCUT2D eigenvalue weighted by Gasteiger charge is -2.14. The number of hydrogen-bond acceptors (Lipinski definition) is 3. The highest BCUT2D eigenvalue weighted by Gasteiger charge is 2.15. The Morgan fingerprint density at radius 1 is 1.11 bits per heavy atom. The Kier molecular flexibility index (Phi) is 5.97. The Bertz CT molecular complexity index is 481. The van der Waals surface area contributed by atoms with Gasteiger partial charge >= 0.3 is 0 Å². The summed E-state index contributed by atoms with van der Waals surface area (Å²) in [5.74, 6) is 0. The molecule has 0 aromatic heterocycles. The van der Waals surface area contributed by atoms with Crippen molar-refractivity contribution in [1.82, 2.24) is 10.0 Å². The van der Waals surface area contributed by atoms with E-state index >= 15 is 0 Å². The Morgan fingerprint density at radius 3 is 2.16 bits per heavy atom. The largest absolute Gasteiger partial charge is 0.310 e. The first-order valence-electron chi connectivity index (χ1n) is 6.72. The lowest BCUT2D eigenvalue weighted by atomic mass is 10.1. The zero-order valence-electron chi connectivity index (χ0n) is 12.1. The predicted octanol–water partition coefficient (Wildman–Crippen LogP) is 2.43. The molecule has 0 saturated heterocycles. The van der Waals surface area contributed by atoms with Gasteiger partial charge in [-0.15, -0.1) is 0 Å². The predicted molar refractivity (Wildman–Crippen MR) is 78.6 cm³/mol. The Labute approximate surface area is 116 Å². The van der Waals surface area contributed by atoms with Crippen LogP contribution in [0.25, 0.3) is 0 Å². The highest BCUT2D eigenvalue weighted by Crippen LogP contribution is 2.16. The standard InChI is InChI=1S/C14H24N2O2S/c1-5-10-15-12(4)13-6-8-14(9-7-13)19(17,18)16-11(2)3/h6-9,11-12,15-16H,5,10H2,1-4H3. The van der Waals surface area contributed by atoms with Gasteiger partial charge in [-0.2, -0.15) is 0 Å². The molecule has 19 heavy (non-hydrogen) atoms. The van der Waals surface area contributed by atoms with Crippen LogP contribution >= 0.6 is 0 Å². The van der Waals surface area contributed by atoms with Gasteiger partial charge in [0.05, 0.1) is 4.90 Å². The summed E-state index contributed by atoms with van der Waals surface area (Å²) in [6, 6.07) is 7.17. The molecule has 0 spiro atoms. The topological polar surface area (TPSA) is 58.2 Å². The van der Waals surface area contributed by atoms with Crippen LogP contribution in [-0.2, 0) is 10.0 Å². The van der Waals surface area contributed by atoms with Crippen molar-refractivity contribution in [3.8, 4) is 0 Å². The molecule has 1 rings (SSSR count). The monoisotopic (exact) mass is 284 g/mol. The molecule has 0 aliphatic carbocycles. The summed E-state index contributed by atoms with van der Waals surface area (Å²) in [4.78, 5) is 0.313. The van der Waals surface area contributed by atoms with Gasteiger partial charge in [-0.05, 0) is 51.4 Å². The van der Waals surface area contributed by atoms with Crippen LogP contribution in [0.4, 0.5) is 0 Å². The van der Waals surface area contributed by atoms with E-state index in [1.54, 1.807) is 12.1 Å². The van der Waals surface area contributed by atoms with Crippen LogP contribution in [0, 0.1) is 0 Å². The molecule has 1 unspecified atom stereocenters. The fourth-order valence-electron chi connectivity index (χ4n) is 1.79. The van der Waals surface area contributed by atoms with Crippen LogP contribution in [0.5, 0.6) is 0 Å². The molecule has 0 saturated carbocycles. The van der Waals surface area contributed by atoms with Gasteiger partial charge in [0.1, 0.15) is 0 Å². The highest BCUT2D eigenvalue weighted by molar-refractivity contribution is 7.89. The van der Waals surface area contributed by atoms with Crippen molar-refractivity contribution in [3.05, 3.63) is 29.8 Å². The van der Waals surface area contributed by atoms with Crippen LogP contribution in [0.1, 0.15) is 45.7 Å². The summed E-state index contributed by atoms with van der Waals surface area (Å²) >= 11 is 0. The average molecular weight is 284 g/mol. The molecule has 1 atom stereocenters. The molecule has 0 radical (unpaired) electrons. The fraction of sp³-hybridized carbons (Fsp3) is 0.571. The zero-order chi connectivity index (χ0) is 14.5. The summed E-state index contributed by atoms with van der Waals surface area (Å²) in [6.45, 7) is 8.76. The maximum absolute atomic E-state index is 12.0. The molecule has 0 bridgehead atoms. The molecule has 1 aromatic rings. The first-order chi connectivity index (χ1) is 8.86. The van der Waals surface area contributed by atoms with Crippen molar-refractivity contribution in [1.29, 1.82) is 0 Å². The van der Waals surface area contributed by atoms with Gasteiger partial charge in [0.25, 0.3) is 0 Å². The van der Waals surface area contributed by atoms with Gasteiger partial charge in [-0.3, -0.25) is 0 Å². The minimum absolute atomic E-state index is 0.102. The second-order valence-corrected chi connectivity index (χ2v) is 6.73. The molecule has 0 aliphatic rings. The lowest BCUT2D eigenvalue weighted by molar-refractivity contribution is 0.566. The molecular formula is C14H24N2O2S. The van der Waals surface area contributed by atoms with Gasteiger partial charge in [0.15, 0.2) is 0 Å². The number of rotatable bonds is 7. The quantitative estimate of drug-likeness (QED) is 0.808. The maximum atomic E-state index is 12.0. The Morgan fingerprint density at radius 2 is 1.68 bits per heavy atom. The van der Waals surface area contributed by atoms with Crippen molar-refractivity contribution >= 4 is 10.0 Å². The van der Waals surface area contributed by atoms with Crippen molar-refractivity contribution in [2.24, 2.45) is 0 Å². The minimum atomic E-state index is -3.39. The van der Waals surface area contributed by atoms with Crippen molar-refractivity contribution in [2.75, 3.05) is 6.54 Å². The molecular weight excluding hydrogens is 260 g/mol. The van der Waals surface area contributed by atoms with Crippen molar-refractivity contribution in [2.45, 2.75) is 51.1 Å². The van der Waals surface area contributed by atoms with E-state index in [4.69, 9.17) is 0 Å². The molecule has 0 fully saturated rings. The molecule has 4 nitrogen and oxygen atoms in total. The summed E-state index contributed by atoms with van der Waals surface area (Å²) in [5.41, 5.74) is 1.09. The molecule has 1 aromatic carbocycles. The summed E-state index contributed by atoms with van der Waals surface area (Å²) in [6.07, 6.45) is 1.08. The zero-order valence-corrected chi connectivity index (χ0v) is 12.9. The van der Waals surface area contributed by atoms with Crippen LogP contribution in [0.15, 0.2) is 29.2 Å². The second kappa shape index (κ2) is 7.03. The third-order valence-corrected chi connectivity index (χ3v) is 4.46. The fourth-order valence-corrected chi connectivity index (χ4v) is 3.04. The molecule has 108 valence electrons. The van der Waals surface area contributed by atoms with Crippen molar-refractivity contribution < 1.29 is 8.42 Å². The van der Waals surface area contributed by atoms with Crippen molar-refractivity contribution in [3.63, 3.8) is 0 Å². The molecule has 2 N–H and O–H groups in total. The normalized spacial score (nSPS) is 13.7. The SMILES string of the molecule is CCCNC(C)c1ccc(S(=O)(=O)NC(C)C)cc1. The third-order valence-electron chi connectivity index (χ3n) is 2.78.